The number of quaternary nitrogens is 1. The van der Waals surface area contributed by atoms with Crippen LogP contribution in [0.15, 0.2) is 47.4 Å². The van der Waals surface area contributed by atoms with Crippen molar-refractivity contribution in [1.82, 2.24) is 5.32 Å². The molecule has 1 aliphatic rings. The number of ether oxygens (including phenoxy) is 2. The molecule has 2 heterocycles. The SMILES string of the molecule is C=C(C)C(=O)OC1NC=C[N+]1(C)CCCOCc1ccco1. The summed E-state index contributed by atoms with van der Waals surface area (Å²) in [5, 5.41) is 3.05. The molecule has 6 heteroatoms. The van der Waals surface area contributed by atoms with Crippen molar-refractivity contribution >= 4 is 5.97 Å². The van der Waals surface area contributed by atoms with E-state index in [-0.39, 0.29) is 5.97 Å². The van der Waals surface area contributed by atoms with E-state index in [1.54, 1.807) is 19.4 Å². The van der Waals surface area contributed by atoms with Crippen LogP contribution in [-0.2, 0) is 20.9 Å². The number of nitrogens with zero attached hydrogens (tertiary/aromatic N) is 1. The molecule has 0 radical (unpaired) electrons. The van der Waals surface area contributed by atoms with E-state index in [0.29, 0.717) is 23.3 Å². The highest BCUT2D eigenvalue weighted by atomic mass is 16.6. The van der Waals surface area contributed by atoms with Gasteiger partial charge in [-0.2, -0.15) is 0 Å². The van der Waals surface area contributed by atoms with Crippen LogP contribution in [0.25, 0.3) is 0 Å². The van der Waals surface area contributed by atoms with Crippen LogP contribution in [-0.4, -0.2) is 37.0 Å². The topological polar surface area (TPSA) is 60.7 Å². The molecule has 2 atom stereocenters. The van der Waals surface area contributed by atoms with Gasteiger partial charge in [-0.15, -0.1) is 0 Å². The summed E-state index contributed by atoms with van der Waals surface area (Å²) < 4.78 is 16.7. The molecular weight excluding hydrogens is 284 g/mol. The van der Waals surface area contributed by atoms with E-state index < -0.39 is 6.35 Å². The molecule has 0 aromatic carbocycles. The van der Waals surface area contributed by atoms with Crippen molar-refractivity contribution in [2.45, 2.75) is 26.3 Å². The molecule has 22 heavy (non-hydrogen) atoms. The van der Waals surface area contributed by atoms with Gasteiger partial charge in [0, 0.05) is 12.0 Å². The first-order chi connectivity index (χ1) is 10.5. The van der Waals surface area contributed by atoms with Crippen LogP contribution in [0.1, 0.15) is 19.1 Å². The van der Waals surface area contributed by atoms with E-state index in [0.717, 1.165) is 18.7 Å². The van der Waals surface area contributed by atoms with Gasteiger partial charge < -0.3 is 19.2 Å². The maximum Gasteiger partial charge on any atom is 0.339 e. The van der Waals surface area contributed by atoms with Gasteiger partial charge in [0.2, 0.25) is 0 Å². The Balaban J connectivity index is 1.73. The summed E-state index contributed by atoms with van der Waals surface area (Å²) in [6.45, 7) is 7.11. The van der Waals surface area contributed by atoms with Crippen LogP contribution in [0.5, 0.6) is 0 Å². The van der Waals surface area contributed by atoms with Crippen molar-refractivity contribution in [1.29, 1.82) is 0 Å². The van der Waals surface area contributed by atoms with Crippen molar-refractivity contribution in [3.05, 3.63) is 48.7 Å². The lowest BCUT2D eigenvalue weighted by Crippen LogP contribution is -2.52. The number of carbonyl (C=O) groups is 1. The van der Waals surface area contributed by atoms with Crippen molar-refractivity contribution in [3.63, 3.8) is 0 Å². The number of furan rings is 1. The standard InChI is InChI=1S/C16H23N2O4/c1-13(2)15(19)22-16-17-7-9-18(16,3)8-5-10-20-12-14-6-4-11-21-14/h4,6-7,9,11,16-17H,1,5,8,10,12H2,2-3H3/q+1. The molecule has 0 amide bonds. The quantitative estimate of drug-likeness (QED) is 0.345. The summed E-state index contributed by atoms with van der Waals surface area (Å²) in [5.41, 5.74) is 0.391. The Bertz CT molecular complexity index is 538. The molecule has 0 saturated carbocycles. The molecule has 2 rings (SSSR count). The van der Waals surface area contributed by atoms with E-state index in [4.69, 9.17) is 13.9 Å². The zero-order chi connectivity index (χ0) is 16.0. The van der Waals surface area contributed by atoms with E-state index in [9.17, 15) is 4.79 Å². The number of carbonyl (C=O) groups excluding carboxylic acids is 1. The highest BCUT2D eigenvalue weighted by molar-refractivity contribution is 5.87. The molecule has 0 spiro atoms. The van der Waals surface area contributed by atoms with Gasteiger partial charge in [0.1, 0.15) is 18.6 Å². The zero-order valence-electron chi connectivity index (χ0n) is 13.1. The smallest absolute Gasteiger partial charge is 0.339 e. The third-order valence-electron chi connectivity index (χ3n) is 3.51. The molecule has 0 bridgehead atoms. The zero-order valence-corrected chi connectivity index (χ0v) is 13.1. The van der Waals surface area contributed by atoms with Gasteiger partial charge in [-0.1, -0.05) is 6.58 Å². The first-order valence-corrected chi connectivity index (χ1v) is 7.26. The molecule has 1 N–H and O–H groups in total. The molecule has 1 aromatic heterocycles. The summed E-state index contributed by atoms with van der Waals surface area (Å²) in [6.07, 6.45) is 5.83. The fraction of sp³-hybridized carbons (Fsp3) is 0.438. The second kappa shape index (κ2) is 7.29. The fourth-order valence-corrected chi connectivity index (χ4v) is 2.17. The normalized spacial score (nSPS) is 23.3. The van der Waals surface area contributed by atoms with Gasteiger partial charge >= 0.3 is 12.3 Å². The van der Waals surface area contributed by atoms with Crippen molar-refractivity contribution in [3.8, 4) is 0 Å². The van der Waals surface area contributed by atoms with Crippen molar-refractivity contribution in [2.75, 3.05) is 20.2 Å². The van der Waals surface area contributed by atoms with Gasteiger partial charge in [0.25, 0.3) is 0 Å². The first kappa shape index (κ1) is 16.3. The van der Waals surface area contributed by atoms with E-state index in [1.165, 1.54) is 0 Å². The van der Waals surface area contributed by atoms with Gasteiger partial charge in [-0.05, 0) is 19.1 Å². The number of hydrogen-bond donors (Lipinski definition) is 1. The number of rotatable bonds is 8. The second-order valence-corrected chi connectivity index (χ2v) is 5.58. The summed E-state index contributed by atoms with van der Waals surface area (Å²) in [5.74, 6) is 0.427. The van der Waals surface area contributed by atoms with Crippen LogP contribution in [0.4, 0.5) is 0 Å². The largest absolute Gasteiger partial charge is 0.467 e. The lowest BCUT2D eigenvalue weighted by atomic mass is 10.3. The Morgan fingerprint density at radius 3 is 3.05 bits per heavy atom. The molecule has 6 nitrogen and oxygen atoms in total. The Morgan fingerprint density at radius 2 is 2.36 bits per heavy atom. The molecule has 1 aliphatic heterocycles. The fourth-order valence-electron chi connectivity index (χ4n) is 2.17. The minimum Gasteiger partial charge on any atom is -0.467 e. The van der Waals surface area contributed by atoms with Crippen LogP contribution in [0, 0.1) is 0 Å². The molecule has 2 unspecified atom stereocenters. The third-order valence-corrected chi connectivity index (χ3v) is 3.51. The number of hydrogen-bond acceptors (Lipinski definition) is 5. The van der Waals surface area contributed by atoms with E-state index in [1.807, 2.05) is 25.4 Å². The first-order valence-electron chi connectivity index (χ1n) is 7.26. The van der Waals surface area contributed by atoms with Crippen LogP contribution in [0.2, 0.25) is 0 Å². The summed E-state index contributed by atoms with van der Waals surface area (Å²) in [6, 6.07) is 3.72. The van der Waals surface area contributed by atoms with Crippen molar-refractivity contribution < 1.29 is 23.2 Å². The minimum atomic E-state index is -0.422. The Labute approximate surface area is 130 Å². The van der Waals surface area contributed by atoms with Gasteiger partial charge in [0.05, 0.1) is 32.7 Å². The third kappa shape index (κ3) is 4.22. The monoisotopic (exact) mass is 307 g/mol. The van der Waals surface area contributed by atoms with Gasteiger partial charge in [-0.3, -0.25) is 0 Å². The lowest BCUT2D eigenvalue weighted by molar-refractivity contribution is -0.903. The number of esters is 1. The molecular formula is C16H23N2O4+. The Morgan fingerprint density at radius 1 is 1.55 bits per heavy atom. The van der Waals surface area contributed by atoms with E-state index >= 15 is 0 Å². The predicted octanol–water partition coefficient (Wildman–Crippen LogP) is 2.11. The van der Waals surface area contributed by atoms with Crippen LogP contribution >= 0.6 is 0 Å². The summed E-state index contributed by atoms with van der Waals surface area (Å²) in [7, 11) is 2.00. The maximum absolute atomic E-state index is 11.7. The highest BCUT2D eigenvalue weighted by Gasteiger charge is 2.37. The average molecular weight is 307 g/mol. The minimum absolute atomic E-state index is 0.389. The Hall–Kier alpha value is -2.05. The highest BCUT2D eigenvalue weighted by Crippen LogP contribution is 2.18. The predicted molar refractivity (Wildman–Crippen MR) is 81.0 cm³/mol. The number of nitrogens with one attached hydrogen (secondary N) is 1. The van der Waals surface area contributed by atoms with E-state index in [2.05, 4.69) is 11.9 Å². The summed E-state index contributed by atoms with van der Waals surface area (Å²) >= 11 is 0. The molecule has 0 fully saturated rings. The van der Waals surface area contributed by atoms with Gasteiger partial charge in [0.15, 0.2) is 0 Å². The van der Waals surface area contributed by atoms with Crippen LogP contribution < -0.4 is 5.32 Å². The molecule has 1 aromatic rings. The Kier molecular flexibility index (Phi) is 5.41. The molecule has 120 valence electrons. The molecule has 0 saturated heterocycles. The average Bonchev–Trinajstić information content (AvgIpc) is 3.10. The summed E-state index contributed by atoms with van der Waals surface area (Å²) in [4.78, 5) is 11.7. The lowest BCUT2D eigenvalue weighted by Gasteiger charge is -2.32. The van der Waals surface area contributed by atoms with Crippen LogP contribution in [0.3, 0.4) is 0 Å². The molecule has 0 aliphatic carbocycles. The second-order valence-electron chi connectivity index (χ2n) is 5.58. The van der Waals surface area contributed by atoms with Crippen molar-refractivity contribution in [2.24, 2.45) is 0 Å². The van der Waals surface area contributed by atoms with Gasteiger partial charge in [-0.25, -0.2) is 9.28 Å². The maximum atomic E-state index is 11.7.